The van der Waals surface area contributed by atoms with Gasteiger partial charge in [0.1, 0.15) is 0 Å². The maximum absolute atomic E-state index is 12.3. The van der Waals surface area contributed by atoms with Gasteiger partial charge in [0.2, 0.25) is 0 Å². The second kappa shape index (κ2) is 5.07. The van der Waals surface area contributed by atoms with E-state index in [9.17, 15) is 13.2 Å². The van der Waals surface area contributed by atoms with Crippen LogP contribution in [0.25, 0.3) is 0 Å². The number of halogens is 4. The summed E-state index contributed by atoms with van der Waals surface area (Å²) in [6.07, 6.45) is -4.22. The number of nitrogens with zero attached hydrogens (tertiary/aromatic N) is 1. The third-order valence-corrected chi connectivity index (χ3v) is 4.33. The summed E-state index contributed by atoms with van der Waals surface area (Å²) in [5.74, 6) is 0. The number of aromatic nitrogens is 1. The quantitative estimate of drug-likeness (QED) is 0.899. The minimum Gasteiger partial charge on any atom is -0.379 e. The largest absolute Gasteiger partial charge is 0.418 e. The first-order chi connectivity index (χ1) is 8.38. The molecule has 1 unspecified atom stereocenters. The molecule has 18 heavy (non-hydrogen) atoms. The van der Waals surface area contributed by atoms with Gasteiger partial charge < -0.3 is 9.67 Å². The van der Waals surface area contributed by atoms with Crippen LogP contribution in [0, 0.1) is 0 Å². The van der Waals surface area contributed by atoms with Crippen molar-refractivity contribution in [3.63, 3.8) is 0 Å². The minimum absolute atomic E-state index is 0.143. The Kier molecular flexibility index (Phi) is 3.84. The molecule has 2 heterocycles. The lowest BCUT2D eigenvalue weighted by Crippen LogP contribution is -2.19. The van der Waals surface area contributed by atoms with E-state index in [1.54, 1.807) is 4.57 Å². The van der Waals surface area contributed by atoms with E-state index in [0.29, 0.717) is 6.54 Å². The maximum atomic E-state index is 12.3. The Balaban J connectivity index is 2.14. The summed E-state index contributed by atoms with van der Waals surface area (Å²) in [7, 11) is 0. The molecule has 0 aliphatic heterocycles. The monoisotopic (exact) mass is 339 g/mol. The first-order valence-electron chi connectivity index (χ1n) is 5.00. The highest BCUT2D eigenvalue weighted by atomic mass is 79.9. The SMILES string of the molecule is OC(c1ccn(Cc2sccc2Br)c1)C(F)(F)F. The predicted molar refractivity (Wildman–Crippen MR) is 66.6 cm³/mol. The number of hydrogen-bond donors (Lipinski definition) is 1. The smallest absolute Gasteiger partial charge is 0.379 e. The number of thiophene rings is 1. The lowest BCUT2D eigenvalue weighted by Gasteiger charge is -2.12. The van der Waals surface area contributed by atoms with Gasteiger partial charge in [-0.25, -0.2) is 0 Å². The zero-order valence-corrected chi connectivity index (χ0v) is 11.4. The Morgan fingerprint density at radius 1 is 1.39 bits per heavy atom. The van der Waals surface area contributed by atoms with E-state index in [2.05, 4.69) is 15.9 Å². The first kappa shape index (κ1) is 13.6. The highest BCUT2D eigenvalue weighted by molar-refractivity contribution is 9.10. The topological polar surface area (TPSA) is 25.2 Å². The molecule has 0 amide bonds. The van der Waals surface area contributed by atoms with Crippen molar-refractivity contribution in [1.29, 1.82) is 0 Å². The normalized spacial score (nSPS) is 13.8. The van der Waals surface area contributed by atoms with E-state index in [0.717, 1.165) is 9.35 Å². The van der Waals surface area contributed by atoms with Crippen LogP contribution >= 0.6 is 27.3 Å². The molecule has 0 fully saturated rings. The van der Waals surface area contributed by atoms with Crippen molar-refractivity contribution in [1.82, 2.24) is 4.57 Å². The molecule has 1 atom stereocenters. The number of alkyl halides is 3. The second-order valence-corrected chi connectivity index (χ2v) is 5.61. The van der Waals surface area contributed by atoms with Gasteiger partial charge >= 0.3 is 6.18 Å². The summed E-state index contributed by atoms with van der Waals surface area (Å²) >= 11 is 4.87. The van der Waals surface area contributed by atoms with E-state index in [4.69, 9.17) is 5.11 Å². The van der Waals surface area contributed by atoms with E-state index in [1.807, 2.05) is 11.4 Å². The minimum atomic E-state index is -4.63. The third-order valence-electron chi connectivity index (χ3n) is 2.42. The van der Waals surface area contributed by atoms with Crippen LogP contribution in [-0.2, 0) is 6.54 Å². The van der Waals surface area contributed by atoms with Gasteiger partial charge in [-0.2, -0.15) is 13.2 Å². The molecule has 2 aromatic rings. The number of aliphatic hydroxyl groups excluding tert-OH is 1. The van der Waals surface area contributed by atoms with Crippen molar-refractivity contribution in [2.45, 2.75) is 18.8 Å². The fourth-order valence-corrected chi connectivity index (χ4v) is 3.00. The Morgan fingerprint density at radius 3 is 2.67 bits per heavy atom. The van der Waals surface area contributed by atoms with Crippen molar-refractivity contribution in [2.24, 2.45) is 0 Å². The van der Waals surface area contributed by atoms with Crippen LogP contribution in [-0.4, -0.2) is 15.8 Å². The van der Waals surface area contributed by atoms with Gasteiger partial charge in [0.15, 0.2) is 6.10 Å². The molecule has 7 heteroatoms. The number of rotatable bonds is 3. The van der Waals surface area contributed by atoms with Crippen molar-refractivity contribution in [3.05, 3.63) is 44.8 Å². The molecule has 2 rings (SSSR count). The van der Waals surface area contributed by atoms with Crippen LogP contribution in [0.1, 0.15) is 16.5 Å². The first-order valence-corrected chi connectivity index (χ1v) is 6.67. The van der Waals surface area contributed by atoms with Gasteiger partial charge in [-0.15, -0.1) is 11.3 Å². The lowest BCUT2D eigenvalue weighted by atomic mass is 10.2. The zero-order chi connectivity index (χ0) is 13.3. The molecule has 0 aliphatic rings. The van der Waals surface area contributed by atoms with Gasteiger partial charge in [-0.1, -0.05) is 0 Å². The maximum Gasteiger partial charge on any atom is 0.418 e. The lowest BCUT2D eigenvalue weighted by molar-refractivity contribution is -0.206. The fraction of sp³-hybridized carbons (Fsp3) is 0.273. The summed E-state index contributed by atoms with van der Waals surface area (Å²) in [6.45, 7) is 0.475. The molecule has 1 N–H and O–H groups in total. The van der Waals surface area contributed by atoms with E-state index in [-0.39, 0.29) is 5.56 Å². The highest BCUT2D eigenvalue weighted by Gasteiger charge is 2.39. The molecule has 0 radical (unpaired) electrons. The van der Waals surface area contributed by atoms with E-state index < -0.39 is 12.3 Å². The highest BCUT2D eigenvalue weighted by Crippen LogP contribution is 2.32. The van der Waals surface area contributed by atoms with E-state index >= 15 is 0 Å². The van der Waals surface area contributed by atoms with Crippen molar-refractivity contribution in [3.8, 4) is 0 Å². The van der Waals surface area contributed by atoms with Crippen LogP contribution in [0.3, 0.4) is 0 Å². The summed E-state index contributed by atoms with van der Waals surface area (Å²) < 4.78 is 39.5. The van der Waals surface area contributed by atoms with Crippen LogP contribution in [0.2, 0.25) is 0 Å². The van der Waals surface area contributed by atoms with Gasteiger partial charge in [0, 0.05) is 27.3 Å². The average molecular weight is 340 g/mol. The molecule has 0 spiro atoms. The molecule has 98 valence electrons. The average Bonchev–Trinajstić information content (AvgIpc) is 2.87. The molecule has 2 aromatic heterocycles. The molecule has 0 aromatic carbocycles. The van der Waals surface area contributed by atoms with Crippen LogP contribution in [0.4, 0.5) is 13.2 Å². The molecule has 0 saturated heterocycles. The van der Waals surface area contributed by atoms with Crippen molar-refractivity contribution < 1.29 is 18.3 Å². The van der Waals surface area contributed by atoms with Gasteiger partial charge in [0.25, 0.3) is 0 Å². The summed E-state index contributed by atoms with van der Waals surface area (Å²) in [5, 5.41) is 11.0. The van der Waals surface area contributed by atoms with Crippen LogP contribution < -0.4 is 0 Å². The molecular formula is C11H9BrF3NOS. The number of aliphatic hydroxyl groups is 1. The van der Waals surface area contributed by atoms with Gasteiger partial charge in [-0.05, 0) is 33.4 Å². The van der Waals surface area contributed by atoms with Crippen molar-refractivity contribution in [2.75, 3.05) is 0 Å². The fourth-order valence-electron chi connectivity index (χ4n) is 1.51. The molecule has 0 aliphatic carbocycles. The molecule has 0 saturated carbocycles. The standard InChI is InChI=1S/C11H9BrF3NOS/c12-8-2-4-18-9(8)6-16-3-1-7(5-16)10(17)11(13,14)15/h1-5,10,17H,6H2. The Hall–Kier alpha value is -0.790. The van der Waals surface area contributed by atoms with Gasteiger partial charge in [0.05, 0.1) is 6.54 Å². The predicted octanol–water partition coefficient (Wildman–Crippen LogP) is 3.96. The Morgan fingerprint density at radius 2 is 2.11 bits per heavy atom. The summed E-state index contributed by atoms with van der Waals surface area (Å²) in [4.78, 5) is 1.01. The van der Waals surface area contributed by atoms with E-state index in [1.165, 1.54) is 29.8 Å². The molecule has 0 bridgehead atoms. The molecule has 2 nitrogen and oxygen atoms in total. The van der Waals surface area contributed by atoms with Crippen LogP contribution in [0.5, 0.6) is 0 Å². The summed E-state index contributed by atoms with van der Waals surface area (Å²) in [6, 6.07) is 3.16. The van der Waals surface area contributed by atoms with Crippen molar-refractivity contribution >= 4 is 27.3 Å². The van der Waals surface area contributed by atoms with Gasteiger partial charge in [-0.3, -0.25) is 0 Å². The Bertz CT molecular complexity index is 534. The summed E-state index contributed by atoms with van der Waals surface area (Å²) in [5.41, 5.74) is -0.143. The number of hydrogen-bond acceptors (Lipinski definition) is 2. The third kappa shape index (κ3) is 2.96. The second-order valence-electron chi connectivity index (χ2n) is 3.75. The van der Waals surface area contributed by atoms with Crippen LogP contribution in [0.15, 0.2) is 34.4 Å². The molecular weight excluding hydrogens is 331 g/mol. The Labute approximate surface area is 114 Å². The zero-order valence-electron chi connectivity index (χ0n) is 8.99.